The van der Waals surface area contributed by atoms with E-state index in [4.69, 9.17) is 14.2 Å². The van der Waals surface area contributed by atoms with Crippen molar-refractivity contribution in [2.24, 2.45) is 0 Å². The summed E-state index contributed by atoms with van der Waals surface area (Å²) in [7, 11) is 3.33. The molecule has 8 heteroatoms. The normalized spacial score (nSPS) is 13.7. The molecule has 0 bridgehead atoms. The van der Waals surface area contributed by atoms with E-state index in [1.165, 1.54) is 32.4 Å². The predicted octanol–water partition coefficient (Wildman–Crippen LogP) is 6.39. The van der Waals surface area contributed by atoms with Crippen LogP contribution in [-0.4, -0.2) is 55.3 Å². The molecule has 0 amide bonds. The molecule has 0 atom stereocenters. The number of methoxy groups -OCH3 is 2. The van der Waals surface area contributed by atoms with Gasteiger partial charge in [-0.3, -0.25) is 0 Å². The number of nitrogens with one attached hydrogen (secondary N) is 2. The Bertz CT molecular complexity index is 1360. The molecule has 2 N–H and O–H groups in total. The van der Waals surface area contributed by atoms with Crippen LogP contribution in [-0.2, 0) is 0 Å². The summed E-state index contributed by atoms with van der Waals surface area (Å²) in [6.45, 7) is 4.16. The molecule has 1 fully saturated rings. The zero-order valence-corrected chi connectivity index (χ0v) is 22.1. The highest BCUT2D eigenvalue weighted by molar-refractivity contribution is 5.87. The van der Waals surface area contributed by atoms with Crippen LogP contribution in [0.1, 0.15) is 25.7 Å². The third kappa shape index (κ3) is 6.63. The Morgan fingerprint density at radius 1 is 0.789 bits per heavy atom. The van der Waals surface area contributed by atoms with Crippen molar-refractivity contribution < 1.29 is 14.2 Å². The zero-order chi connectivity index (χ0) is 26.2. The molecule has 3 aromatic carbocycles. The lowest BCUT2D eigenvalue weighted by atomic mass is 10.1. The van der Waals surface area contributed by atoms with Crippen LogP contribution in [0.25, 0.3) is 10.8 Å². The number of fused-ring (bicyclic) bond motifs is 1. The third-order valence-electron chi connectivity index (χ3n) is 6.72. The monoisotopic (exact) mass is 513 g/mol. The largest absolute Gasteiger partial charge is 0.497 e. The van der Waals surface area contributed by atoms with Gasteiger partial charge in [0.05, 0.1) is 20.8 Å². The van der Waals surface area contributed by atoms with E-state index in [0.717, 1.165) is 46.6 Å². The third-order valence-corrected chi connectivity index (χ3v) is 6.72. The number of piperidine rings is 1. The molecule has 0 radical (unpaired) electrons. The van der Waals surface area contributed by atoms with E-state index in [0.29, 0.717) is 24.1 Å². The molecule has 5 rings (SSSR count). The van der Waals surface area contributed by atoms with Crippen molar-refractivity contribution in [1.29, 1.82) is 0 Å². The van der Waals surface area contributed by atoms with Gasteiger partial charge in [-0.2, -0.15) is 4.98 Å². The van der Waals surface area contributed by atoms with Crippen molar-refractivity contribution in [3.05, 3.63) is 66.9 Å². The smallest absolute Gasteiger partial charge is 0.229 e. The van der Waals surface area contributed by atoms with E-state index in [9.17, 15) is 0 Å². The van der Waals surface area contributed by atoms with Gasteiger partial charge in [0.1, 0.15) is 11.6 Å². The van der Waals surface area contributed by atoms with Crippen LogP contribution in [0.2, 0.25) is 0 Å². The van der Waals surface area contributed by atoms with E-state index in [2.05, 4.69) is 37.6 Å². The molecule has 38 heavy (non-hydrogen) atoms. The minimum atomic E-state index is 0.484. The van der Waals surface area contributed by atoms with Gasteiger partial charge in [0.15, 0.2) is 11.5 Å². The van der Waals surface area contributed by atoms with E-state index in [1.807, 2.05) is 48.5 Å². The minimum Gasteiger partial charge on any atom is -0.497 e. The number of hydrogen-bond acceptors (Lipinski definition) is 8. The predicted molar refractivity (Wildman–Crippen MR) is 152 cm³/mol. The maximum atomic E-state index is 6.03. The number of nitrogens with zero attached hydrogens (tertiary/aromatic N) is 3. The van der Waals surface area contributed by atoms with Crippen molar-refractivity contribution in [2.45, 2.75) is 25.7 Å². The first kappa shape index (κ1) is 25.6. The molecule has 2 heterocycles. The molecular weight excluding hydrogens is 478 g/mol. The molecule has 0 unspecified atom stereocenters. The van der Waals surface area contributed by atoms with Crippen molar-refractivity contribution in [3.8, 4) is 17.2 Å². The maximum Gasteiger partial charge on any atom is 0.229 e. The minimum absolute atomic E-state index is 0.484. The standard InChI is InChI=1S/C30H35N5O3/c1-36-26-11-8-22-19-24(9-7-23(22)20-26)32-29-13-14-31-30(34-29)33-25-10-12-27(28(21-25)37-2)38-18-6-17-35-15-4-3-5-16-35/h7-14,19-21H,3-6,15-18H2,1-2H3,(H2,31,32,33,34). The Labute approximate surface area is 224 Å². The number of anilines is 4. The molecule has 1 aliphatic rings. The van der Waals surface area contributed by atoms with Gasteiger partial charge in [-0.05, 0) is 85.6 Å². The number of likely N-dealkylation sites (tertiary alicyclic amines) is 1. The average Bonchev–Trinajstić information content (AvgIpc) is 2.96. The first-order chi connectivity index (χ1) is 18.7. The lowest BCUT2D eigenvalue weighted by Gasteiger charge is -2.26. The van der Waals surface area contributed by atoms with Crippen LogP contribution >= 0.6 is 0 Å². The van der Waals surface area contributed by atoms with Crippen LogP contribution in [0, 0.1) is 0 Å². The van der Waals surface area contributed by atoms with Gasteiger partial charge in [0.2, 0.25) is 5.95 Å². The van der Waals surface area contributed by atoms with Crippen LogP contribution in [0.5, 0.6) is 17.2 Å². The SMILES string of the molecule is COc1ccc2cc(Nc3ccnc(Nc4ccc(OCCCN5CCCCC5)c(OC)c4)n3)ccc2c1. The summed E-state index contributed by atoms with van der Waals surface area (Å²) >= 11 is 0. The van der Waals surface area contributed by atoms with Gasteiger partial charge in [0, 0.05) is 30.2 Å². The molecule has 198 valence electrons. The summed E-state index contributed by atoms with van der Waals surface area (Å²) < 4.78 is 16.9. The molecule has 8 nitrogen and oxygen atoms in total. The van der Waals surface area contributed by atoms with Gasteiger partial charge < -0.3 is 29.7 Å². The number of ether oxygens (including phenoxy) is 3. The van der Waals surface area contributed by atoms with E-state index in [1.54, 1.807) is 20.4 Å². The number of benzene rings is 3. The Morgan fingerprint density at radius 2 is 1.58 bits per heavy atom. The summed E-state index contributed by atoms with van der Waals surface area (Å²) in [6, 6.07) is 19.8. The van der Waals surface area contributed by atoms with Crippen molar-refractivity contribution >= 4 is 33.9 Å². The van der Waals surface area contributed by atoms with Gasteiger partial charge in [-0.25, -0.2) is 4.98 Å². The van der Waals surface area contributed by atoms with Crippen LogP contribution in [0.15, 0.2) is 66.9 Å². The number of hydrogen-bond donors (Lipinski definition) is 2. The fraction of sp³-hybridized carbons (Fsp3) is 0.333. The number of rotatable bonds is 11. The summed E-state index contributed by atoms with van der Waals surface area (Å²) in [5.41, 5.74) is 1.76. The molecule has 1 aromatic heterocycles. The summed E-state index contributed by atoms with van der Waals surface area (Å²) in [6.07, 6.45) is 6.70. The highest BCUT2D eigenvalue weighted by Crippen LogP contribution is 2.31. The van der Waals surface area contributed by atoms with Gasteiger partial charge in [-0.1, -0.05) is 18.6 Å². The molecule has 1 saturated heterocycles. The summed E-state index contributed by atoms with van der Waals surface area (Å²) in [5.74, 6) is 3.43. The van der Waals surface area contributed by atoms with Crippen molar-refractivity contribution in [3.63, 3.8) is 0 Å². The van der Waals surface area contributed by atoms with Crippen molar-refractivity contribution in [2.75, 3.05) is 51.1 Å². The maximum absolute atomic E-state index is 6.03. The molecule has 0 spiro atoms. The Hall–Kier alpha value is -4.04. The first-order valence-electron chi connectivity index (χ1n) is 13.2. The first-order valence-corrected chi connectivity index (χ1v) is 13.2. The topological polar surface area (TPSA) is 80.8 Å². The van der Waals surface area contributed by atoms with Crippen molar-refractivity contribution in [1.82, 2.24) is 14.9 Å². The Morgan fingerprint density at radius 3 is 2.42 bits per heavy atom. The van der Waals surface area contributed by atoms with Crippen LogP contribution in [0.4, 0.5) is 23.1 Å². The quantitative estimate of drug-likeness (QED) is 0.223. The number of aromatic nitrogens is 2. The second kappa shape index (κ2) is 12.5. The van der Waals surface area contributed by atoms with E-state index < -0.39 is 0 Å². The summed E-state index contributed by atoms with van der Waals surface area (Å²) in [4.78, 5) is 11.5. The zero-order valence-electron chi connectivity index (χ0n) is 22.1. The average molecular weight is 514 g/mol. The van der Waals surface area contributed by atoms with E-state index >= 15 is 0 Å². The molecule has 0 aliphatic carbocycles. The fourth-order valence-electron chi connectivity index (χ4n) is 4.71. The van der Waals surface area contributed by atoms with E-state index in [-0.39, 0.29) is 0 Å². The highest BCUT2D eigenvalue weighted by atomic mass is 16.5. The van der Waals surface area contributed by atoms with Crippen LogP contribution < -0.4 is 24.8 Å². The fourth-order valence-corrected chi connectivity index (χ4v) is 4.71. The second-order valence-electron chi connectivity index (χ2n) is 9.41. The highest BCUT2D eigenvalue weighted by Gasteiger charge is 2.11. The molecule has 4 aromatic rings. The lowest BCUT2D eigenvalue weighted by Crippen LogP contribution is -2.31. The molecule has 1 aliphatic heterocycles. The Kier molecular flexibility index (Phi) is 8.40. The molecule has 0 saturated carbocycles. The molecular formula is C30H35N5O3. The lowest BCUT2D eigenvalue weighted by molar-refractivity contribution is 0.203. The van der Waals surface area contributed by atoms with Crippen LogP contribution in [0.3, 0.4) is 0 Å². The Balaban J connectivity index is 1.19. The second-order valence-corrected chi connectivity index (χ2v) is 9.41. The summed E-state index contributed by atoms with van der Waals surface area (Å²) in [5, 5.41) is 8.86. The van der Waals surface area contributed by atoms with Gasteiger partial charge >= 0.3 is 0 Å². The van der Waals surface area contributed by atoms with Gasteiger partial charge in [0.25, 0.3) is 0 Å². The van der Waals surface area contributed by atoms with Gasteiger partial charge in [-0.15, -0.1) is 0 Å².